The molecule has 5 heteroatoms. The number of nitrogens with one attached hydrogen (secondary N) is 1. The molecule has 2 N–H and O–H groups in total. The van der Waals surface area contributed by atoms with Crippen LogP contribution in [0.2, 0.25) is 0 Å². The van der Waals surface area contributed by atoms with E-state index in [0.717, 1.165) is 12.0 Å². The highest BCUT2D eigenvalue weighted by Crippen LogP contribution is 2.14. The first kappa shape index (κ1) is 17.0. The van der Waals surface area contributed by atoms with Crippen molar-refractivity contribution in [3.8, 4) is 5.75 Å². The molecule has 116 valence electrons. The highest BCUT2D eigenvalue weighted by molar-refractivity contribution is 5.83. The van der Waals surface area contributed by atoms with Crippen molar-refractivity contribution >= 4 is 11.6 Å². The first-order chi connectivity index (χ1) is 9.96. The van der Waals surface area contributed by atoms with E-state index in [4.69, 9.17) is 9.94 Å². The highest BCUT2D eigenvalue weighted by atomic mass is 16.5. The molecule has 0 saturated carbocycles. The first-order valence-corrected chi connectivity index (χ1v) is 7.19. The van der Waals surface area contributed by atoms with Crippen molar-refractivity contribution in [2.75, 3.05) is 0 Å². The van der Waals surface area contributed by atoms with Gasteiger partial charge in [0.1, 0.15) is 5.75 Å². The van der Waals surface area contributed by atoms with E-state index in [1.54, 1.807) is 13.8 Å². The Hall–Kier alpha value is -2.04. The zero-order chi connectivity index (χ0) is 15.8. The van der Waals surface area contributed by atoms with Crippen molar-refractivity contribution in [1.82, 2.24) is 5.32 Å². The second kappa shape index (κ2) is 8.29. The third kappa shape index (κ3) is 5.85. The van der Waals surface area contributed by atoms with Gasteiger partial charge in [-0.2, -0.15) is 0 Å². The Morgan fingerprint density at radius 1 is 1.33 bits per heavy atom. The van der Waals surface area contributed by atoms with Crippen molar-refractivity contribution in [2.24, 2.45) is 5.16 Å². The lowest BCUT2D eigenvalue weighted by molar-refractivity contribution is -0.127. The summed E-state index contributed by atoms with van der Waals surface area (Å²) in [6, 6.07) is 7.55. The number of carbonyl (C=O) groups excluding carboxylic acids is 1. The molecule has 1 rings (SSSR count). The second-order valence-electron chi connectivity index (χ2n) is 5.23. The molecule has 0 fully saturated rings. The van der Waals surface area contributed by atoms with E-state index in [0.29, 0.717) is 17.9 Å². The zero-order valence-electron chi connectivity index (χ0n) is 13.1. The summed E-state index contributed by atoms with van der Waals surface area (Å²) in [5.74, 6) is 0.529. The van der Waals surface area contributed by atoms with Crippen molar-refractivity contribution in [2.45, 2.75) is 52.7 Å². The Bertz CT molecular complexity index is 483. The number of amides is 1. The van der Waals surface area contributed by atoms with Gasteiger partial charge in [-0.25, -0.2) is 0 Å². The predicted molar refractivity (Wildman–Crippen MR) is 83.0 cm³/mol. The maximum atomic E-state index is 11.9. The summed E-state index contributed by atoms with van der Waals surface area (Å²) in [5, 5.41) is 14.7. The number of benzene rings is 1. The standard InChI is InChI=1S/C16H24N2O3/c1-5-11(2)17-16(19)13(4)21-15-8-6-14(7-9-15)10-12(3)18-20/h6-9,11,13,20H,5,10H2,1-4H3,(H,17,19)/b18-12+. The minimum absolute atomic E-state index is 0.114. The lowest BCUT2D eigenvalue weighted by Crippen LogP contribution is -2.40. The molecule has 0 aliphatic rings. The first-order valence-electron chi connectivity index (χ1n) is 7.19. The number of carbonyl (C=O) groups is 1. The topological polar surface area (TPSA) is 70.9 Å². The van der Waals surface area contributed by atoms with Gasteiger partial charge in [-0.15, -0.1) is 0 Å². The molecule has 0 aliphatic carbocycles. The van der Waals surface area contributed by atoms with E-state index in [1.807, 2.05) is 38.1 Å². The molecular formula is C16H24N2O3. The molecular weight excluding hydrogens is 268 g/mol. The number of ether oxygens (including phenoxy) is 1. The fourth-order valence-corrected chi connectivity index (χ4v) is 1.74. The molecule has 21 heavy (non-hydrogen) atoms. The Morgan fingerprint density at radius 3 is 2.48 bits per heavy atom. The van der Waals surface area contributed by atoms with Crippen LogP contribution in [0.5, 0.6) is 5.75 Å². The predicted octanol–water partition coefficient (Wildman–Crippen LogP) is 2.76. The SMILES string of the molecule is CCC(C)NC(=O)C(C)Oc1ccc(C/C(C)=N/O)cc1. The molecule has 1 amide bonds. The van der Waals surface area contributed by atoms with Crippen molar-refractivity contribution in [3.63, 3.8) is 0 Å². The number of hydrogen-bond acceptors (Lipinski definition) is 4. The van der Waals surface area contributed by atoms with Gasteiger partial charge in [0.05, 0.1) is 5.71 Å². The van der Waals surface area contributed by atoms with Crippen LogP contribution >= 0.6 is 0 Å². The average Bonchev–Trinajstić information content (AvgIpc) is 2.48. The maximum Gasteiger partial charge on any atom is 0.260 e. The summed E-state index contributed by atoms with van der Waals surface area (Å²) in [6.45, 7) is 7.47. The van der Waals surface area contributed by atoms with Crippen LogP contribution < -0.4 is 10.1 Å². The van der Waals surface area contributed by atoms with Crippen LogP contribution in [-0.2, 0) is 11.2 Å². The highest BCUT2D eigenvalue weighted by Gasteiger charge is 2.16. The van der Waals surface area contributed by atoms with Crippen molar-refractivity contribution in [1.29, 1.82) is 0 Å². The minimum Gasteiger partial charge on any atom is -0.481 e. The van der Waals surface area contributed by atoms with Crippen LogP contribution in [0.15, 0.2) is 29.4 Å². The molecule has 0 bridgehead atoms. The van der Waals surface area contributed by atoms with Crippen molar-refractivity contribution < 1.29 is 14.7 Å². The Morgan fingerprint density at radius 2 is 1.95 bits per heavy atom. The Balaban J connectivity index is 2.57. The molecule has 2 atom stereocenters. The van der Waals surface area contributed by atoms with Gasteiger partial charge in [0, 0.05) is 12.5 Å². The van der Waals surface area contributed by atoms with Crippen LogP contribution in [0.4, 0.5) is 0 Å². The fourth-order valence-electron chi connectivity index (χ4n) is 1.74. The summed E-state index contributed by atoms with van der Waals surface area (Å²) in [7, 11) is 0. The number of nitrogens with zero attached hydrogens (tertiary/aromatic N) is 1. The van der Waals surface area contributed by atoms with Crippen LogP contribution in [0, 0.1) is 0 Å². The van der Waals surface area contributed by atoms with E-state index in [1.165, 1.54) is 0 Å². The summed E-state index contributed by atoms with van der Waals surface area (Å²) < 4.78 is 5.62. The van der Waals surface area contributed by atoms with E-state index in [2.05, 4.69) is 10.5 Å². The van der Waals surface area contributed by atoms with Crippen molar-refractivity contribution in [3.05, 3.63) is 29.8 Å². The lowest BCUT2D eigenvalue weighted by atomic mass is 10.1. The molecule has 1 aromatic carbocycles. The molecule has 5 nitrogen and oxygen atoms in total. The quantitative estimate of drug-likeness (QED) is 0.461. The summed E-state index contributed by atoms with van der Waals surface area (Å²) in [4.78, 5) is 11.9. The maximum absolute atomic E-state index is 11.9. The van der Waals surface area contributed by atoms with Gasteiger partial charge < -0.3 is 15.3 Å². The average molecular weight is 292 g/mol. The van der Waals surface area contributed by atoms with Gasteiger partial charge in [-0.1, -0.05) is 24.2 Å². The third-order valence-electron chi connectivity index (χ3n) is 3.24. The molecule has 0 saturated heterocycles. The molecule has 0 heterocycles. The van der Waals surface area contributed by atoms with Crippen LogP contribution in [-0.4, -0.2) is 29.0 Å². The van der Waals surface area contributed by atoms with Gasteiger partial charge in [0.15, 0.2) is 6.10 Å². The van der Waals surface area contributed by atoms with E-state index in [-0.39, 0.29) is 11.9 Å². The summed E-state index contributed by atoms with van der Waals surface area (Å²) >= 11 is 0. The molecule has 2 unspecified atom stereocenters. The van der Waals surface area contributed by atoms with E-state index in [9.17, 15) is 4.79 Å². The van der Waals surface area contributed by atoms with Gasteiger partial charge >= 0.3 is 0 Å². The van der Waals surface area contributed by atoms with Gasteiger partial charge in [0.2, 0.25) is 0 Å². The summed E-state index contributed by atoms with van der Waals surface area (Å²) in [5.41, 5.74) is 1.67. The van der Waals surface area contributed by atoms with Gasteiger partial charge in [-0.3, -0.25) is 4.79 Å². The van der Waals surface area contributed by atoms with Crippen LogP contribution in [0.1, 0.15) is 39.7 Å². The van der Waals surface area contributed by atoms with Crippen LogP contribution in [0.3, 0.4) is 0 Å². The Kier molecular flexibility index (Phi) is 6.72. The minimum atomic E-state index is -0.536. The van der Waals surface area contributed by atoms with E-state index >= 15 is 0 Å². The number of hydrogen-bond donors (Lipinski definition) is 2. The zero-order valence-corrected chi connectivity index (χ0v) is 13.1. The fraction of sp³-hybridized carbons (Fsp3) is 0.500. The van der Waals surface area contributed by atoms with Gasteiger partial charge in [0.25, 0.3) is 5.91 Å². The normalized spacial score (nSPS) is 14.4. The molecule has 0 aromatic heterocycles. The lowest BCUT2D eigenvalue weighted by Gasteiger charge is -2.17. The molecule has 1 aromatic rings. The van der Waals surface area contributed by atoms with E-state index < -0.39 is 6.10 Å². The number of rotatable bonds is 7. The molecule has 0 radical (unpaired) electrons. The smallest absolute Gasteiger partial charge is 0.260 e. The monoisotopic (exact) mass is 292 g/mol. The largest absolute Gasteiger partial charge is 0.481 e. The Labute approximate surface area is 126 Å². The summed E-state index contributed by atoms with van der Waals surface area (Å²) in [6.07, 6.45) is 0.935. The molecule has 0 aliphatic heterocycles. The number of oxime groups is 1. The van der Waals surface area contributed by atoms with Crippen LogP contribution in [0.25, 0.3) is 0 Å². The third-order valence-corrected chi connectivity index (χ3v) is 3.24. The van der Waals surface area contributed by atoms with Gasteiger partial charge in [-0.05, 0) is 44.9 Å². The molecule has 0 spiro atoms. The second-order valence-corrected chi connectivity index (χ2v) is 5.23.